The molecule has 0 saturated heterocycles. The molecule has 0 fully saturated rings. The summed E-state index contributed by atoms with van der Waals surface area (Å²) in [7, 11) is 0. The highest BCUT2D eigenvalue weighted by atomic mass is 79.9. The van der Waals surface area contributed by atoms with Gasteiger partial charge in [-0.05, 0) is 44.2 Å². The number of halogens is 2. The van der Waals surface area contributed by atoms with Crippen LogP contribution in [0, 0.1) is 19.7 Å². The number of aryl methyl sites for hydroxylation is 2. The molecule has 0 saturated carbocycles. The molecule has 0 amide bonds. The number of furan rings is 1. The van der Waals surface area contributed by atoms with Crippen LogP contribution in [0.1, 0.15) is 27.2 Å². The van der Waals surface area contributed by atoms with Crippen molar-refractivity contribution in [2.24, 2.45) is 0 Å². The van der Waals surface area contributed by atoms with E-state index in [0.29, 0.717) is 10.1 Å². The van der Waals surface area contributed by atoms with Crippen molar-refractivity contribution in [3.63, 3.8) is 0 Å². The van der Waals surface area contributed by atoms with Crippen LogP contribution in [0.15, 0.2) is 45.3 Å². The third kappa shape index (κ3) is 2.40. The van der Waals surface area contributed by atoms with Crippen LogP contribution in [-0.2, 0) is 0 Å². The third-order valence-electron chi connectivity index (χ3n) is 3.47. The minimum absolute atomic E-state index is 0.0112. The molecule has 0 radical (unpaired) electrons. The Morgan fingerprint density at radius 2 is 1.90 bits per heavy atom. The molecule has 0 bridgehead atoms. The van der Waals surface area contributed by atoms with Crippen LogP contribution in [0.5, 0.6) is 0 Å². The van der Waals surface area contributed by atoms with Gasteiger partial charge in [0.05, 0.1) is 5.56 Å². The highest BCUT2D eigenvalue weighted by molar-refractivity contribution is 9.10. The van der Waals surface area contributed by atoms with Crippen molar-refractivity contribution in [1.82, 2.24) is 0 Å². The Kier molecular flexibility index (Phi) is 3.41. The van der Waals surface area contributed by atoms with E-state index in [4.69, 9.17) is 4.42 Å². The second-order valence-corrected chi connectivity index (χ2v) is 5.92. The number of hydrogen-bond acceptors (Lipinski definition) is 2. The lowest BCUT2D eigenvalue weighted by Gasteiger charge is -2.01. The maximum atomic E-state index is 13.9. The first-order valence-corrected chi connectivity index (χ1v) is 7.26. The van der Waals surface area contributed by atoms with Crippen LogP contribution < -0.4 is 0 Å². The first-order chi connectivity index (χ1) is 9.97. The summed E-state index contributed by atoms with van der Waals surface area (Å²) in [4.78, 5) is 12.5. The highest BCUT2D eigenvalue weighted by Crippen LogP contribution is 2.29. The van der Waals surface area contributed by atoms with E-state index in [1.807, 2.05) is 32.0 Å². The van der Waals surface area contributed by atoms with Gasteiger partial charge in [-0.15, -0.1) is 0 Å². The Labute approximate surface area is 129 Å². The molecule has 0 atom stereocenters. The lowest BCUT2D eigenvalue weighted by atomic mass is 10.0. The Morgan fingerprint density at radius 1 is 1.14 bits per heavy atom. The lowest BCUT2D eigenvalue weighted by Crippen LogP contribution is -2.04. The fraction of sp³-hybridized carbons (Fsp3) is 0.118. The van der Waals surface area contributed by atoms with Gasteiger partial charge in [0.15, 0.2) is 5.76 Å². The number of hydrogen-bond donors (Lipinski definition) is 0. The molecule has 1 aromatic heterocycles. The summed E-state index contributed by atoms with van der Waals surface area (Å²) in [6.07, 6.45) is 0. The van der Waals surface area contributed by atoms with Crippen molar-refractivity contribution in [3.8, 4) is 0 Å². The SMILES string of the molecule is Cc1ccc2oc(C(=O)c3ccc(Br)cc3F)c(C)c2c1. The average Bonchev–Trinajstić information content (AvgIpc) is 2.75. The fourth-order valence-electron chi connectivity index (χ4n) is 2.35. The van der Waals surface area contributed by atoms with Gasteiger partial charge in [-0.1, -0.05) is 27.6 Å². The molecule has 0 aliphatic rings. The highest BCUT2D eigenvalue weighted by Gasteiger charge is 2.21. The number of ketones is 1. The zero-order chi connectivity index (χ0) is 15.1. The summed E-state index contributed by atoms with van der Waals surface area (Å²) in [5, 5.41) is 0.885. The van der Waals surface area contributed by atoms with Gasteiger partial charge in [0.25, 0.3) is 0 Å². The molecule has 0 unspecified atom stereocenters. The number of fused-ring (bicyclic) bond motifs is 1. The minimum atomic E-state index is -0.564. The molecule has 4 heteroatoms. The van der Waals surface area contributed by atoms with E-state index in [1.165, 1.54) is 12.1 Å². The third-order valence-corrected chi connectivity index (χ3v) is 3.97. The molecule has 0 aliphatic heterocycles. The smallest absolute Gasteiger partial charge is 0.231 e. The van der Waals surface area contributed by atoms with Crippen molar-refractivity contribution in [2.45, 2.75) is 13.8 Å². The van der Waals surface area contributed by atoms with Gasteiger partial charge in [-0.25, -0.2) is 4.39 Å². The zero-order valence-corrected chi connectivity index (χ0v) is 13.1. The van der Waals surface area contributed by atoms with Crippen LogP contribution in [0.2, 0.25) is 0 Å². The molecule has 0 N–H and O–H groups in total. The van der Waals surface area contributed by atoms with Crippen molar-refractivity contribution < 1.29 is 13.6 Å². The van der Waals surface area contributed by atoms with Gasteiger partial charge in [0, 0.05) is 15.4 Å². The molecule has 2 aromatic carbocycles. The van der Waals surface area contributed by atoms with Crippen LogP contribution >= 0.6 is 15.9 Å². The van der Waals surface area contributed by atoms with Gasteiger partial charge in [-0.2, -0.15) is 0 Å². The van der Waals surface area contributed by atoms with Crippen molar-refractivity contribution >= 4 is 32.7 Å². The van der Waals surface area contributed by atoms with Crippen molar-refractivity contribution in [3.05, 3.63) is 69.1 Å². The molecule has 21 heavy (non-hydrogen) atoms. The summed E-state index contributed by atoms with van der Waals surface area (Å²) in [6, 6.07) is 10.1. The molecular formula is C17H12BrFO2. The topological polar surface area (TPSA) is 30.2 Å². The second-order valence-electron chi connectivity index (χ2n) is 5.01. The summed E-state index contributed by atoms with van der Waals surface area (Å²) in [5.74, 6) is -0.811. The van der Waals surface area contributed by atoms with Crippen LogP contribution in [0.25, 0.3) is 11.0 Å². The largest absolute Gasteiger partial charge is 0.452 e. The van der Waals surface area contributed by atoms with E-state index in [9.17, 15) is 9.18 Å². The number of rotatable bonds is 2. The molecule has 106 valence electrons. The normalized spacial score (nSPS) is 11.0. The van der Waals surface area contributed by atoms with E-state index in [0.717, 1.165) is 16.5 Å². The van der Waals surface area contributed by atoms with E-state index in [1.54, 1.807) is 6.07 Å². The van der Waals surface area contributed by atoms with Crippen molar-refractivity contribution in [2.75, 3.05) is 0 Å². The first kappa shape index (κ1) is 14.0. The Morgan fingerprint density at radius 3 is 2.62 bits per heavy atom. The summed E-state index contributed by atoms with van der Waals surface area (Å²) in [5.41, 5.74) is 2.47. The summed E-state index contributed by atoms with van der Waals surface area (Å²) < 4.78 is 20.2. The second kappa shape index (κ2) is 5.11. The molecule has 3 aromatic rings. The van der Waals surface area contributed by atoms with Crippen molar-refractivity contribution in [1.29, 1.82) is 0 Å². The van der Waals surface area contributed by atoms with Gasteiger partial charge in [0.2, 0.25) is 5.78 Å². The first-order valence-electron chi connectivity index (χ1n) is 6.47. The Hall–Kier alpha value is -1.94. The predicted octanol–water partition coefficient (Wildman–Crippen LogP) is 5.18. The number of carbonyl (C=O) groups excluding carboxylic acids is 1. The zero-order valence-electron chi connectivity index (χ0n) is 11.5. The lowest BCUT2D eigenvalue weighted by molar-refractivity contribution is 0.101. The number of carbonyl (C=O) groups is 1. The Bertz CT molecular complexity index is 865. The summed E-state index contributed by atoms with van der Waals surface area (Å²) >= 11 is 3.18. The van der Waals surface area contributed by atoms with Crippen LogP contribution in [0.4, 0.5) is 4.39 Å². The Balaban J connectivity index is 2.15. The molecule has 0 spiro atoms. The average molecular weight is 347 g/mol. The van der Waals surface area contributed by atoms with Gasteiger partial charge < -0.3 is 4.42 Å². The van der Waals surface area contributed by atoms with Gasteiger partial charge in [0.1, 0.15) is 11.4 Å². The molecule has 2 nitrogen and oxygen atoms in total. The number of benzene rings is 2. The van der Waals surface area contributed by atoms with E-state index in [2.05, 4.69) is 15.9 Å². The molecule has 3 rings (SSSR count). The molecular weight excluding hydrogens is 335 g/mol. The summed E-state index contributed by atoms with van der Waals surface area (Å²) in [6.45, 7) is 3.79. The van der Waals surface area contributed by atoms with Gasteiger partial charge in [-0.3, -0.25) is 4.79 Å². The fourth-order valence-corrected chi connectivity index (χ4v) is 2.68. The quantitative estimate of drug-likeness (QED) is 0.598. The van der Waals surface area contributed by atoms with E-state index in [-0.39, 0.29) is 11.3 Å². The van der Waals surface area contributed by atoms with E-state index >= 15 is 0 Å². The molecule has 0 aliphatic carbocycles. The van der Waals surface area contributed by atoms with Crippen LogP contribution in [0.3, 0.4) is 0 Å². The maximum Gasteiger partial charge on any atom is 0.231 e. The van der Waals surface area contributed by atoms with E-state index < -0.39 is 11.6 Å². The maximum absolute atomic E-state index is 13.9. The monoisotopic (exact) mass is 346 g/mol. The molecule has 1 heterocycles. The minimum Gasteiger partial charge on any atom is -0.452 e. The van der Waals surface area contributed by atoms with Gasteiger partial charge >= 0.3 is 0 Å². The predicted molar refractivity (Wildman–Crippen MR) is 83.2 cm³/mol. The standard InChI is InChI=1S/C17H12BrFO2/c1-9-3-6-15-13(7-9)10(2)17(21-15)16(20)12-5-4-11(18)8-14(12)19/h3-8H,1-2H3. The van der Waals surface area contributed by atoms with Crippen LogP contribution in [-0.4, -0.2) is 5.78 Å².